The summed E-state index contributed by atoms with van der Waals surface area (Å²) in [5, 5.41) is 24.0. The van der Waals surface area contributed by atoms with Crippen LogP contribution in [0, 0.1) is 11.3 Å². The molecule has 164 valence electrons. The highest BCUT2D eigenvalue weighted by atomic mass is 32.2. The van der Waals surface area contributed by atoms with E-state index in [4.69, 9.17) is 4.74 Å². The van der Waals surface area contributed by atoms with Crippen LogP contribution >= 0.6 is 11.8 Å². The van der Waals surface area contributed by atoms with E-state index in [-0.39, 0.29) is 29.1 Å². The van der Waals surface area contributed by atoms with E-state index in [1.807, 2.05) is 48.5 Å². The van der Waals surface area contributed by atoms with Gasteiger partial charge in [0.25, 0.3) is 5.56 Å². The van der Waals surface area contributed by atoms with Crippen molar-refractivity contribution in [3.8, 4) is 28.3 Å². The molecule has 2 heterocycles. The highest BCUT2D eigenvalue weighted by Gasteiger charge is 2.25. The van der Waals surface area contributed by atoms with Crippen molar-refractivity contribution in [2.75, 3.05) is 6.61 Å². The van der Waals surface area contributed by atoms with Crippen LogP contribution in [0.4, 0.5) is 0 Å². The standard InChI is InChI=1S/C23H18N6O3S/c1-2-32-23(31)20-19(16-10-6-9-15(11-16)14-7-4-3-5-8-14)17(12-24)22(25-21(20)30)33-13-18-26-28-29-27-18/h3-11H,2,13H2,1H3,(H,25,30)(H,26,27,28,29). The van der Waals surface area contributed by atoms with Crippen molar-refractivity contribution < 1.29 is 9.53 Å². The second-order valence-corrected chi connectivity index (χ2v) is 7.79. The number of H-pyrrole nitrogens is 2. The van der Waals surface area contributed by atoms with E-state index < -0.39 is 11.5 Å². The van der Waals surface area contributed by atoms with Crippen molar-refractivity contribution in [1.82, 2.24) is 25.6 Å². The van der Waals surface area contributed by atoms with E-state index in [1.165, 1.54) is 11.8 Å². The smallest absolute Gasteiger partial charge is 0.344 e. The maximum atomic E-state index is 13.0. The maximum absolute atomic E-state index is 13.0. The minimum Gasteiger partial charge on any atom is -0.462 e. The first-order valence-corrected chi connectivity index (χ1v) is 11.0. The van der Waals surface area contributed by atoms with E-state index in [0.717, 1.165) is 11.1 Å². The Morgan fingerprint density at radius 3 is 2.58 bits per heavy atom. The molecular formula is C23H18N6O3S. The zero-order valence-electron chi connectivity index (χ0n) is 17.5. The molecule has 0 unspecified atom stereocenters. The quantitative estimate of drug-likeness (QED) is 0.317. The maximum Gasteiger partial charge on any atom is 0.344 e. The second kappa shape index (κ2) is 9.93. The SMILES string of the molecule is CCOC(=O)c1c(-c2cccc(-c3ccccc3)c2)c(C#N)c(SCc2nn[nH]n2)[nH]c1=O. The number of rotatable bonds is 7. The van der Waals surface area contributed by atoms with E-state index in [1.54, 1.807) is 13.0 Å². The Balaban J connectivity index is 1.90. The van der Waals surface area contributed by atoms with Gasteiger partial charge in [0.2, 0.25) is 0 Å². The lowest BCUT2D eigenvalue weighted by Crippen LogP contribution is -2.23. The van der Waals surface area contributed by atoms with Crippen LogP contribution in [0.15, 0.2) is 64.4 Å². The summed E-state index contributed by atoms with van der Waals surface area (Å²) in [5.74, 6) is -0.111. The molecule has 0 aliphatic carbocycles. The number of benzene rings is 2. The molecule has 4 aromatic rings. The van der Waals surface area contributed by atoms with Crippen molar-refractivity contribution in [1.29, 1.82) is 5.26 Å². The molecule has 0 fully saturated rings. The predicted molar refractivity (Wildman–Crippen MR) is 122 cm³/mol. The largest absolute Gasteiger partial charge is 0.462 e. The van der Waals surface area contributed by atoms with Crippen molar-refractivity contribution >= 4 is 17.7 Å². The summed E-state index contributed by atoms with van der Waals surface area (Å²) in [5.41, 5.74) is 1.96. The van der Waals surface area contributed by atoms with Gasteiger partial charge in [-0.05, 0) is 29.7 Å². The number of nitriles is 1. The molecule has 0 aliphatic heterocycles. The van der Waals surface area contributed by atoms with Crippen molar-refractivity contribution in [2.45, 2.75) is 17.7 Å². The summed E-state index contributed by atoms with van der Waals surface area (Å²) in [4.78, 5) is 28.4. The fraction of sp³-hybridized carbons (Fsp3) is 0.130. The van der Waals surface area contributed by atoms with E-state index in [0.29, 0.717) is 16.4 Å². The van der Waals surface area contributed by atoms with Gasteiger partial charge in [-0.15, -0.1) is 10.2 Å². The minimum absolute atomic E-state index is 0.0952. The Morgan fingerprint density at radius 1 is 1.12 bits per heavy atom. The van der Waals surface area contributed by atoms with Crippen molar-refractivity contribution in [3.63, 3.8) is 0 Å². The number of hydrogen-bond donors (Lipinski definition) is 2. The predicted octanol–water partition coefficient (Wildman–Crippen LogP) is 3.56. The number of nitrogens with zero attached hydrogens (tertiary/aromatic N) is 4. The fourth-order valence-corrected chi connectivity index (χ4v) is 4.20. The van der Waals surface area contributed by atoms with E-state index >= 15 is 0 Å². The lowest BCUT2D eigenvalue weighted by atomic mass is 9.94. The first-order chi connectivity index (χ1) is 16.1. The molecule has 0 saturated carbocycles. The number of nitrogens with one attached hydrogen (secondary N) is 2. The van der Waals surface area contributed by atoms with Crippen LogP contribution in [0.5, 0.6) is 0 Å². The van der Waals surface area contributed by atoms with Crippen molar-refractivity contribution in [3.05, 3.63) is 81.9 Å². The molecule has 0 saturated heterocycles. The van der Waals surface area contributed by atoms with Gasteiger partial charge >= 0.3 is 5.97 Å². The third-order valence-electron chi connectivity index (χ3n) is 4.77. The van der Waals surface area contributed by atoms with Gasteiger partial charge in [0.05, 0.1) is 22.9 Å². The van der Waals surface area contributed by atoms with E-state index in [9.17, 15) is 14.9 Å². The molecular weight excluding hydrogens is 440 g/mol. The first kappa shape index (κ1) is 22.0. The summed E-state index contributed by atoms with van der Waals surface area (Å²) in [6, 6.07) is 19.2. The Kier molecular flexibility index (Phi) is 6.61. The molecule has 0 spiro atoms. The molecule has 2 aromatic heterocycles. The Labute approximate surface area is 192 Å². The van der Waals surface area contributed by atoms with Gasteiger partial charge < -0.3 is 9.72 Å². The molecule has 0 atom stereocenters. The highest BCUT2D eigenvalue weighted by Crippen LogP contribution is 2.34. The average Bonchev–Trinajstić information content (AvgIpc) is 3.36. The average molecular weight is 459 g/mol. The third-order valence-corrected chi connectivity index (χ3v) is 5.76. The monoisotopic (exact) mass is 458 g/mol. The van der Waals surface area contributed by atoms with Gasteiger partial charge in [-0.1, -0.05) is 65.5 Å². The lowest BCUT2D eigenvalue weighted by Gasteiger charge is -2.14. The second-order valence-electron chi connectivity index (χ2n) is 6.80. The number of pyridine rings is 1. The number of hydrogen-bond acceptors (Lipinski definition) is 8. The number of tetrazole rings is 1. The number of esters is 1. The van der Waals surface area contributed by atoms with Gasteiger partial charge in [0, 0.05) is 5.56 Å². The summed E-state index contributed by atoms with van der Waals surface area (Å²) in [6.07, 6.45) is 0. The van der Waals surface area contributed by atoms with Crippen LogP contribution in [0.3, 0.4) is 0 Å². The number of aromatic amines is 2. The van der Waals surface area contributed by atoms with Crippen LogP contribution in [0.2, 0.25) is 0 Å². The number of carbonyl (C=O) groups is 1. The zero-order valence-corrected chi connectivity index (χ0v) is 18.3. The minimum atomic E-state index is -0.787. The van der Waals surface area contributed by atoms with Crippen LogP contribution in [0.25, 0.3) is 22.3 Å². The van der Waals surface area contributed by atoms with Gasteiger partial charge in [-0.2, -0.15) is 10.5 Å². The third kappa shape index (κ3) is 4.68. The van der Waals surface area contributed by atoms with Gasteiger partial charge in [0.1, 0.15) is 11.6 Å². The summed E-state index contributed by atoms with van der Waals surface area (Å²) >= 11 is 1.17. The van der Waals surface area contributed by atoms with Crippen LogP contribution in [0.1, 0.15) is 28.7 Å². The van der Waals surface area contributed by atoms with Gasteiger partial charge in [-0.25, -0.2) is 4.79 Å². The van der Waals surface area contributed by atoms with Crippen LogP contribution in [-0.4, -0.2) is 38.2 Å². The summed E-state index contributed by atoms with van der Waals surface area (Å²) in [6.45, 7) is 1.75. The van der Waals surface area contributed by atoms with Gasteiger partial charge in [-0.3, -0.25) is 4.79 Å². The lowest BCUT2D eigenvalue weighted by molar-refractivity contribution is 0.0525. The Bertz CT molecular complexity index is 1380. The number of aromatic nitrogens is 5. The summed E-state index contributed by atoms with van der Waals surface area (Å²) in [7, 11) is 0. The molecule has 0 aliphatic rings. The van der Waals surface area contributed by atoms with Crippen LogP contribution in [-0.2, 0) is 10.5 Å². The molecule has 0 amide bonds. The topological polar surface area (TPSA) is 137 Å². The number of carbonyl (C=O) groups excluding carboxylic acids is 1. The Morgan fingerprint density at radius 2 is 1.88 bits per heavy atom. The van der Waals surface area contributed by atoms with Crippen molar-refractivity contribution in [2.24, 2.45) is 0 Å². The molecule has 2 N–H and O–H groups in total. The summed E-state index contributed by atoms with van der Waals surface area (Å²) < 4.78 is 5.14. The highest BCUT2D eigenvalue weighted by molar-refractivity contribution is 7.98. The Hall–Kier alpha value is -4.23. The molecule has 10 heteroatoms. The zero-order chi connectivity index (χ0) is 23.2. The molecule has 4 rings (SSSR count). The molecule has 0 radical (unpaired) electrons. The molecule has 2 aromatic carbocycles. The van der Waals surface area contributed by atoms with Gasteiger partial charge in [0.15, 0.2) is 5.82 Å². The number of ether oxygens (including phenoxy) is 1. The molecule has 9 nitrogen and oxygen atoms in total. The molecule has 33 heavy (non-hydrogen) atoms. The number of thioether (sulfide) groups is 1. The molecule has 0 bridgehead atoms. The first-order valence-electron chi connectivity index (χ1n) is 10.0. The van der Waals surface area contributed by atoms with E-state index in [2.05, 4.69) is 31.7 Å². The van der Waals surface area contributed by atoms with Crippen LogP contribution < -0.4 is 5.56 Å². The fourth-order valence-electron chi connectivity index (χ4n) is 3.35. The normalized spacial score (nSPS) is 10.5.